The van der Waals surface area contributed by atoms with Gasteiger partial charge in [-0.25, -0.2) is 4.79 Å². The van der Waals surface area contributed by atoms with Crippen LogP contribution in [0.25, 0.3) is 0 Å². The zero-order valence-electron chi connectivity index (χ0n) is 14.2. The number of nitrogens with one attached hydrogen (secondary N) is 2. The van der Waals surface area contributed by atoms with Crippen LogP contribution in [0.15, 0.2) is 46.4 Å². The van der Waals surface area contributed by atoms with E-state index in [0.29, 0.717) is 29.3 Å². The van der Waals surface area contributed by atoms with Crippen molar-refractivity contribution in [1.29, 1.82) is 0 Å². The van der Waals surface area contributed by atoms with Crippen molar-refractivity contribution in [2.45, 2.75) is 26.4 Å². The average Bonchev–Trinajstić information content (AvgIpc) is 2.99. The predicted octanol–water partition coefficient (Wildman–Crippen LogP) is 1.66. The number of hydrogen-bond donors (Lipinski definition) is 2. The molecule has 1 aliphatic rings. The van der Waals surface area contributed by atoms with Gasteiger partial charge in [0.2, 0.25) is 0 Å². The lowest BCUT2D eigenvalue weighted by atomic mass is 9.95. The fraction of sp³-hybridized carbons (Fsp3) is 0.294. The molecule has 1 unspecified atom stereocenters. The summed E-state index contributed by atoms with van der Waals surface area (Å²) in [4.78, 5) is 30.5. The maximum Gasteiger partial charge on any atom is 0.319 e. The zero-order valence-corrected chi connectivity index (χ0v) is 14.2. The molecule has 0 radical (unpaired) electrons. The molecule has 2 aromatic heterocycles. The molecule has 8 heteroatoms. The van der Waals surface area contributed by atoms with Crippen molar-refractivity contribution in [3.8, 4) is 0 Å². The van der Waals surface area contributed by atoms with Crippen molar-refractivity contribution in [2.24, 2.45) is 0 Å². The van der Waals surface area contributed by atoms with Crippen LogP contribution in [0.5, 0.6) is 0 Å². The minimum atomic E-state index is -0.559. The van der Waals surface area contributed by atoms with Gasteiger partial charge in [-0.1, -0.05) is 11.2 Å². The third kappa shape index (κ3) is 3.52. The van der Waals surface area contributed by atoms with Gasteiger partial charge < -0.3 is 20.1 Å². The summed E-state index contributed by atoms with van der Waals surface area (Å²) in [6, 6.07) is 4.46. The number of amides is 3. The Morgan fingerprint density at radius 1 is 1.40 bits per heavy atom. The lowest BCUT2D eigenvalue weighted by Crippen LogP contribution is -2.47. The average molecular weight is 341 g/mol. The van der Waals surface area contributed by atoms with Crippen LogP contribution in [-0.2, 0) is 11.3 Å². The van der Waals surface area contributed by atoms with E-state index in [1.165, 1.54) is 0 Å². The topological polar surface area (TPSA) is 100 Å². The molecule has 0 spiro atoms. The smallest absolute Gasteiger partial charge is 0.319 e. The summed E-state index contributed by atoms with van der Waals surface area (Å²) in [5.41, 5.74) is 2.39. The second-order valence-corrected chi connectivity index (χ2v) is 5.95. The van der Waals surface area contributed by atoms with E-state index in [0.717, 1.165) is 5.56 Å². The summed E-state index contributed by atoms with van der Waals surface area (Å²) in [6.07, 6.45) is 3.28. The van der Waals surface area contributed by atoms with Crippen molar-refractivity contribution in [1.82, 2.24) is 25.7 Å². The number of pyridine rings is 1. The molecule has 2 aromatic rings. The maximum atomic E-state index is 13.0. The van der Waals surface area contributed by atoms with Crippen molar-refractivity contribution in [3.05, 3.63) is 58.9 Å². The fourth-order valence-corrected chi connectivity index (χ4v) is 2.79. The molecule has 1 aliphatic heterocycles. The number of aromatic nitrogens is 2. The van der Waals surface area contributed by atoms with E-state index < -0.39 is 6.04 Å². The lowest BCUT2D eigenvalue weighted by molar-refractivity contribution is -0.127. The van der Waals surface area contributed by atoms with Crippen LogP contribution in [0.3, 0.4) is 0 Å². The van der Waals surface area contributed by atoms with Gasteiger partial charge in [0.05, 0.1) is 18.2 Å². The first kappa shape index (κ1) is 16.7. The van der Waals surface area contributed by atoms with Crippen LogP contribution in [-0.4, -0.2) is 34.0 Å². The van der Waals surface area contributed by atoms with E-state index in [1.807, 2.05) is 6.07 Å². The third-order valence-electron chi connectivity index (χ3n) is 3.94. The van der Waals surface area contributed by atoms with E-state index in [1.54, 1.807) is 50.3 Å². The monoisotopic (exact) mass is 341 g/mol. The molecule has 0 saturated heterocycles. The van der Waals surface area contributed by atoms with Gasteiger partial charge in [0.15, 0.2) is 0 Å². The number of nitrogens with zero attached hydrogens (tertiary/aromatic N) is 3. The first-order valence-corrected chi connectivity index (χ1v) is 7.81. The van der Waals surface area contributed by atoms with Crippen LogP contribution in [0, 0.1) is 6.92 Å². The first-order valence-electron chi connectivity index (χ1n) is 7.81. The second-order valence-electron chi connectivity index (χ2n) is 5.95. The fourth-order valence-electron chi connectivity index (χ4n) is 2.79. The van der Waals surface area contributed by atoms with Crippen molar-refractivity contribution >= 4 is 11.9 Å². The van der Waals surface area contributed by atoms with E-state index in [2.05, 4.69) is 20.8 Å². The summed E-state index contributed by atoms with van der Waals surface area (Å²) in [5.74, 6) is 0.477. The maximum absolute atomic E-state index is 13.0. The summed E-state index contributed by atoms with van der Waals surface area (Å²) in [7, 11) is 1.68. The molecule has 0 aliphatic carbocycles. The van der Waals surface area contributed by atoms with Gasteiger partial charge in [-0.2, -0.15) is 0 Å². The van der Waals surface area contributed by atoms with E-state index in [-0.39, 0.29) is 11.9 Å². The highest BCUT2D eigenvalue weighted by atomic mass is 16.5. The first-order chi connectivity index (χ1) is 12.0. The molecule has 3 heterocycles. The largest absolute Gasteiger partial charge is 0.361 e. The molecule has 0 bridgehead atoms. The molecule has 8 nitrogen and oxygen atoms in total. The van der Waals surface area contributed by atoms with Gasteiger partial charge in [-0.3, -0.25) is 9.78 Å². The van der Waals surface area contributed by atoms with Gasteiger partial charge in [-0.15, -0.1) is 0 Å². The van der Waals surface area contributed by atoms with Crippen molar-refractivity contribution in [3.63, 3.8) is 0 Å². The van der Waals surface area contributed by atoms with E-state index in [4.69, 9.17) is 4.52 Å². The van der Waals surface area contributed by atoms with Crippen molar-refractivity contribution < 1.29 is 14.1 Å². The number of likely N-dealkylation sites (N-methyl/N-ethyl adjacent to an activating group) is 1. The van der Waals surface area contributed by atoms with E-state index in [9.17, 15) is 9.59 Å². The zero-order chi connectivity index (χ0) is 18.0. The van der Waals surface area contributed by atoms with Gasteiger partial charge in [0.25, 0.3) is 5.91 Å². The van der Waals surface area contributed by atoms with Crippen LogP contribution < -0.4 is 10.6 Å². The quantitative estimate of drug-likeness (QED) is 0.881. The molecule has 1 atom stereocenters. The SMILES string of the molecule is CC1=C(C(=O)N(C)Cc2cc(C)on2)C(c2cccnc2)NC(=O)N1. The number of urea groups is 1. The second kappa shape index (κ2) is 6.76. The number of hydrogen-bond acceptors (Lipinski definition) is 5. The molecule has 2 N–H and O–H groups in total. The van der Waals surface area contributed by atoms with Crippen LogP contribution in [0.2, 0.25) is 0 Å². The minimum Gasteiger partial charge on any atom is -0.361 e. The molecular weight excluding hydrogens is 322 g/mol. The Kier molecular flexibility index (Phi) is 4.51. The van der Waals surface area contributed by atoms with Gasteiger partial charge in [0.1, 0.15) is 11.5 Å². The Hall–Kier alpha value is -3.16. The summed E-state index contributed by atoms with van der Waals surface area (Å²) in [5, 5.41) is 9.36. The third-order valence-corrected chi connectivity index (χ3v) is 3.94. The molecule has 0 fully saturated rings. The Morgan fingerprint density at radius 2 is 2.20 bits per heavy atom. The molecule has 0 aromatic carbocycles. The van der Waals surface area contributed by atoms with Crippen LogP contribution >= 0.6 is 0 Å². The Bertz CT molecular complexity index is 828. The van der Waals surface area contributed by atoms with Crippen LogP contribution in [0.1, 0.15) is 30.0 Å². The molecular formula is C17H19N5O3. The summed E-state index contributed by atoms with van der Waals surface area (Å²) >= 11 is 0. The molecule has 25 heavy (non-hydrogen) atoms. The number of allylic oxidation sites excluding steroid dienone is 1. The van der Waals surface area contributed by atoms with Gasteiger partial charge >= 0.3 is 6.03 Å². The number of rotatable bonds is 4. The minimum absolute atomic E-state index is 0.209. The molecule has 3 amide bonds. The summed E-state index contributed by atoms with van der Waals surface area (Å²) in [6.45, 7) is 3.81. The Morgan fingerprint density at radius 3 is 2.84 bits per heavy atom. The highest BCUT2D eigenvalue weighted by Crippen LogP contribution is 2.27. The van der Waals surface area contributed by atoms with Gasteiger partial charge in [0, 0.05) is 31.2 Å². The summed E-state index contributed by atoms with van der Waals surface area (Å²) < 4.78 is 5.04. The standard InChI is InChI=1S/C17H19N5O3/c1-10-7-13(21-25-10)9-22(3)16(23)14-11(2)19-17(24)20-15(14)12-5-4-6-18-8-12/h4-8,15H,9H2,1-3H3,(H2,19,20,24). The highest BCUT2D eigenvalue weighted by molar-refractivity contribution is 5.98. The Balaban J connectivity index is 1.89. The highest BCUT2D eigenvalue weighted by Gasteiger charge is 2.33. The van der Waals surface area contributed by atoms with E-state index >= 15 is 0 Å². The lowest BCUT2D eigenvalue weighted by Gasteiger charge is -2.30. The normalized spacial score (nSPS) is 17.1. The molecule has 0 saturated carbocycles. The predicted molar refractivity (Wildman–Crippen MR) is 89.1 cm³/mol. The molecule has 3 rings (SSSR count). The Labute approximate surface area is 144 Å². The van der Waals surface area contributed by atoms with Crippen molar-refractivity contribution in [2.75, 3.05) is 7.05 Å². The van der Waals surface area contributed by atoms with Gasteiger partial charge in [-0.05, 0) is 25.5 Å². The number of carbonyl (C=O) groups excluding carboxylic acids is 2. The van der Waals surface area contributed by atoms with Crippen LogP contribution in [0.4, 0.5) is 4.79 Å². The number of carbonyl (C=O) groups is 2. The number of aryl methyl sites for hydroxylation is 1. The molecule has 130 valence electrons.